The van der Waals surface area contributed by atoms with Crippen molar-refractivity contribution < 1.29 is 4.39 Å². The van der Waals surface area contributed by atoms with Gasteiger partial charge in [-0.1, -0.05) is 37.1 Å². The van der Waals surface area contributed by atoms with Crippen molar-refractivity contribution >= 4 is 11.6 Å². The second-order valence-electron chi connectivity index (χ2n) is 5.39. The standard InChI is InChI=1S/C15H22ClFN2/c1-3-5-13-8-18-11(2)9-19(13)10-12-6-4-7-14(17)15(12)16/h4,6-7,11,13,18H,3,5,8-10H2,1-2H3. The third-order valence-electron chi connectivity index (χ3n) is 3.75. The molecule has 1 heterocycles. The van der Waals surface area contributed by atoms with Crippen molar-refractivity contribution in [2.24, 2.45) is 0 Å². The molecule has 4 heteroatoms. The van der Waals surface area contributed by atoms with Crippen LogP contribution in [0.15, 0.2) is 18.2 Å². The van der Waals surface area contributed by atoms with Crippen LogP contribution in [0.5, 0.6) is 0 Å². The number of rotatable bonds is 4. The van der Waals surface area contributed by atoms with Gasteiger partial charge in [0.15, 0.2) is 0 Å². The van der Waals surface area contributed by atoms with Gasteiger partial charge < -0.3 is 5.32 Å². The summed E-state index contributed by atoms with van der Waals surface area (Å²) in [6, 6.07) is 6.05. The van der Waals surface area contributed by atoms with Crippen LogP contribution < -0.4 is 5.32 Å². The number of halogens is 2. The Bertz CT molecular complexity index is 425. The van der Waals surface area contributed by atoms with Gasteiger partial charge in [-0.3, -0.25) is 4.90 Å². The van der Waals surface area contributed by atoms with E-state index in [1.54, 1.807) is 6.07 Å². The molecule has 1 saturated heterocycles. The fourth-order valence-electron chi connectivity index (χ4n) is 2.73. The van der Waals surface area contributed by atoms with Crippen molar-refractivity contribution in [2.45, 2.75) is 45.3 Å². The minimum absolute atomic E-state index is 0.268. The summed E-state index contributed by atoms with van der Waals surface area (Å²) >= 11 is 6.06. The van der Waals surface area contributed by atoms with Crippen LogP contribution in [0, 0.1) is 5.82 Å². The van der Waals surface area contributed by atoms with Crippen LogP contribution in [0.1, 0.15) is 32.3 Å². The van der Waals surface area contributed by atoms with Gasteiger partial charge in [0.25, 0.3) is 0 Å². The maximum absolute atomic E-state index is 13.5. The maximum Gasteiger partial charge on any atom is 0.142 e. The molecule has 0 saturated carbocycles. The summed E-state index contributed by atoms with van der Waals surface area (Å²) in [6.07, 6.45) is 2.32. The van der Waals surface area contributed by atoms with Crippen LogP contribution in [-0.4, -0.2) is 30.1 Å². The zero-order chi connectivity index (χ0) is 13.8. The number of piperazine rings is 1. The minimum Gasteiger partial charge on any atom is -0.311 e. The van der Waals surface area contributed by atoms with E-state index in [0.29, 0.717) is 12.1 Å². The lowest BCUT2D eigenvalue weighted by molar-refractivity contribution is 0.120. The van der Waals surface area contributed by atoms with Gasteiger partial charge in [-0.05, 0) is 25.0 Å². The molecule has 2 unspecified atom stereocenters. The van der Waals surface area contributed by atoms with E-state index in [1.165, 1.54) is 6.07 Å². The Balaban J connectivity index is 2.11. The van der Waals surface area contributed by atoms with Gasteiger partial charge in [-0.15, -0.1) is 0 Å². The van der Waals surface area contributed by atoms with Crippen molar-refractivity contribution in [1.29, 1.82) is 0 Å². The first-order valence-electron chi connectivity index (χ1n) is 7.02. The monoisotopic (exact) mass is 284 g/mol. The second kappa shape index (κ2) is 6.69. The third kappa shape index (κ3) is 3.68. The first kappa shape index (κ1) is 14.8. The predicted octanol–water partition coefficient (Wildman–Crippen LogP) is 3.44. The largest absolute Gasteiger partial charge is 0.311 e. The van der Waals surface area contributed by atoms with Gasteiger partial charge in [0, 0.05) is 31.7 Å². The molecule has 0 bridgehead atoms. The Morgan fingerprint density at radius 1 is 1.47 bits per heavy atom. The highest BCUT2D eigenvalue weighted by Crippen LogP contribution is 2.23. The van der Waals surface area contributed by atoms with E-state index in [9.17, 15) is 4.39 Å². The van der Waals surface area contributed by atoms with Crippen LogP contribution in [0.25, 0.3) is 0 Å². The lowest BCUT2D eigenvalue weighted by atomic mass is 10.0. The number of hydrogen-bond acceptors (Lipinski definition) is 2. The molecule has 0 radical (unpaired) electrons. The Morgan fingerprint density at radius 2 is 2.26 bits per heavy atom. The quantitative estimate of drug-likeness (QED) is 0.911. The Labute approximate surface area is 119 Å². The van der Waals surface area contributed by atoms with Crippen molar-refractivity contribution in [3.05, 3.63) is 34.6 Å². The van der Waals surface area contributed by atoms with E-state index < -0.39 is 0 Å². The highest BCUT2D eigenvalue weighted by molar-refractivity contribution is 6.31. The molecule has 2 rings (SSSR count). The fourth-order valence-corrected chi connectivity index (χ4v) is 2.92. The Kier molecular flexibility index (Phi) is 5.20. The first-order valence-corrected chi connectivity index (χ1v) is 7.40. The summed E-state index contributed by atoms with van der Waals surface area (Å²) in [5.41, 5.74) is 0.886. The summed E-state index contributed by atoms with van der Waals surface area (Å²) in [4.78, 5) is 2.42. The van der Waals surface area contributed by atoms with E-state index in [1.807, 2.05) is 6.07 Å². The summed E-state index contributed by atoms with van der Waals surface area (Å²) in [6.45, 7) is 7.10. The number of hydrogen-bond donors (Lipinski definition) is 1. The van der Waals surface area contributed by atoms with E-state index in [2.05, 4.69) is 24.1 Å². The molecule has 0 spiro atoms. The number of benzene rings is 1. The average molecular weight is 285 g/mol. The van der Waals surface area contributed by atoms with Gasteiger partial charge >= 0.3 is 0 Å². The fraction of sp³-hybridized carbons (Fsp3) is 0.600. The van der Waals surface area contributed by atoms with Crippen molar-refractivity contribution in [2.75, 3.05) is 13.1 Å². The lowest BCUT2D eigenvalue weighted by Gasteiger charge is -2.39. The highest BCUT2D eigenvalue weighted by Gasteiger charge is 2.25. The second-order valence-corrected chi connectivity index (χ2v) is 5.77. The molecule has 1 fully saturated rings. The normalized spacial score (nSPS) is 24.6. The maximum atomic E-state index is 13.5. The van der Waals surface area contributed by atoms with E-state index in [4.69, 9.17) is 11.6 Å². The number of nitrogens with one attached hydrogen (secondary N) is 1. The van der Waals surface area contributed by atoms with Gasteiger partial charge in [0.05, 0.1) is 5.02 Å². The molecular formula is C15H22ClFN2. The zero-order valence-corrected chi connectivity index (χ0v) is 12.4. The van der Waals surface area contributed by atoms with E-state index in [0.717, 1.165) is 38.0 Å². The predicted molar refractivity (Wildman–Crippen MR) is 78.0 cm³/mol. The molecule has 0 aromatic heterocycles. The zero-order valence-electron chi connectivity index (χ0n) is 11.6. The lowest BCUT2D eigenvalue weighted by Crippen LogP contribution is -2.54. The van der Waals surface area contributed by atoms with Crippen molar-refractivity contribution in [3.8, 4) is 0 Å². The smallest absolute Gasteiger partial charge is 0.142 e. The van der Waals surface area contributed by atoms with Gasteiger partial charge in [0.1, 0.15) is 5.82 Å². The molecule has 106 valence electrons. The van der Waals surface area contributed by atoms with E-state index in [-0.39, 0.29) is 10.8 Å². The van der Waals surface area contributed by atoms with Crippen molar-refractivity contribution in [3.63, 3.8) is 0 Å². The summed E-state index contributed by atoms with van der Waals surface area (Å²) in [7, 11) is 0. The third-order valence-corrected chi connectivity index (χ3v) is 4.18. The molecule has 1 aromatic rings. The Hall–Kier alpha value is -0.640. The molecule has 0 aliphatic carbocycles. The minimum atomic E-state index is -0.325. The molecule has 1 aliphatic heterocycles. The van der Waals surface area contributed by atoms with E-state index >= 15 is 0 Å². The molecule has 0 amide bonds. The van der Waals surface area contributed by atoms with Crippen LogP contribution in [0.3, 0.4) is 0 Å². The van der Waals surface area contributed by atoms with Crippen LogP contribution >= 0.6 is 11.6 Å². The Morgan fingerprint density at radius 3 is 3.00 bits per heavy atom. The molecular weight excluding hydrogens is 263 g/mol. The topological polar surface area (TPSA) is 15.3 Å². The highest BCUT2D eigenvalue weighted by atomic mass is 35.5. The SMILES string of the molecule is CCCC1CNC(C)CN1Cc1cccc(F)c1Cl. The van der Waals surface area contributed by atoms with Gasteiger partial charge in [-0.25, -0.2) is 4.39 Å². The molecule has 1 aliphatic rings. The molecule has 1 aromatic carbocycles. The summed E-state index contributed by atoms with van der Waals surface area (Å²) < 4.78 is 13.5. The summed E-state index contributed by atoms with van der Waals surface area (Å²) in [5, 5.41) is 3.78. The van der Waals surface area contributed by atoms with Gasteiger partial charge in [0.2, 0.25) is 0 Å². The van der Waals surface area contributed by atoms with Crippen LogP contribution in [0.2, 0.25) is 5.02 Å². The van der Waals surface area contributed by atoms with Gasteiger partial charge in [-0.2, -0.15) is 0 Å². The van der Waals surface area contributed by atoms with Crippen molar-refractivity contribution in [1.82, 2.24) is 10.2 Å². The van der Waals surface area contributed by atoms with Crippen LogP contribution in [0.4, 0.5) is 4.39 Å². The average Bonchev–Trinajstić information content (AvgIpc) is 2.38. The first-order chi connectivity index (χ1) is 9.11. The molecule has 2 nitrogen and oxygen atoms in total. The van der Waals surface area contributed by atoms with Crippen LogP contribution in [-0.2, 0) is 6.54 Å². The summed E-state index contributed by atoms with van der Waals surface area (Å²) in [5.74, 6) is -0.325. The molecule has 1 N–H and O–H groups in total. The number of nitrogens with zero attached hydrogens (tertiary/aromatic N) is 1. The molecule has 19 heavy (non-hydrogen) atoms. The molecule has 2 atom stereocenters.